The number of benzene rings is 2. The van der Waals surface area contributed by atoms with E-state index in [-0.39, 0.29) is 6.42 Å². The lowest BCUT2D eigenvalue weighted by Crippen LogP contribution is -2.23. The zero-order valence-corrected chi connectivity index (χ0v) is 27.8. The lowest BCUT2D eigenvalue weighted by Gasteiger charge is -2.24. The van der Waals surface area contributed by atoms with Crippen molar-refractivity contribution in [2.45, 2.75) is 80.6 Å². The van der Waals surface area contributed by atoms with Crippen molar-refractivity contribution in [2.75, 3.05) is 20.1 Å². The predicted octanol–water partition coefficient (Wildman–Crippen LogP) is 9.28. The SMILES string of the molecule is C=C(C)NC(/N=C(\C)Cc1cccc(CC(C)(F)F)c1)=C(/C)C(=C)N(C)CC1=CC=NC1.CC.CCc1ccc(C)cc1. The van der Waals surface area contributed by atoms with Gasteiger partial charge < -0.3 is 10.2 Å². The van der Waals surface area contributed by atoms with Gasteiger partial charge in [-0.2, -0.15) is 0 Å². The van der Waals surface area contributed by atoms with Gasteiger partial charge in [0.2, 0.25) is 5.92 Å². The zero-order chi connectivity index (χ0) is 32.6. The molecule has 1 heterocycles. The van der Waals surface area contributed by atoms with Crippen LogP contribution in [0.15, 0.2) is 106 Å². The third kappa shape index (κ3) is 14.8. The van der Waals surface area contributed by atoms with E-state index >= 15 is 0 Å². The van der Waals surface area contributed by atoms with Crippen molar-refractivity contribution >= 4 is 11.9 Å². The van der Waals surface area contributed by atoms with Gasteiger partial charge in [-0.05, 0) is 69.4 Å². The lowest BCUT2D eigenvalue weighted by atomic mass is 10.0. The molecule has 0 saturated heterocycles. The fourth-order valence-electron chi connectivity index (χ4n) is 4.27. The number of nitrogens with one attached hydrogen (secondary N) is 1. The molecule has 0 aromatic heterocycles. The molecule has 2 aromatic rings. The van der Waals surface area contributed by atoms with Crippen LogP contribution in [0.1, 0.15) is 70.7 Å². The summed E-state index contributed by atoms with van der Waals surface area (Å²) < 4.78 is 26.8. The van der Waals surface area contributed by atoms with Crippen LogP contribution in [0.25, 0.3) is 0 Å². The summed E-state index contributed by atoms with van der Waals surface area (Å²) in [5.74, 6) is -2.05. The van der Waals surface area contributed by atoms with Crippen molar-refractivity contribution in [1.29, 1.82) is 0 Å². The van der Waals surface area contributed by atoms with Gasteiger partial charge in [-0.15, -0.1) is 0 Å². The van der Waals surface area contributed by atoms with Crippen molar-refractivity contribution in [2.24, 2.45) is 9.98 Å². The predicted molar refractivity (Wildman–Crippen MR) is 183 cm³/mol. The molecule has 1 aliphatic heterocycles. The van der Waals surface area contributed by atoms with Gasteiger partial charge in [-0.25, -0.2) is 13.8 Å². The minimum atomic E-state index is -2.73. The fourth-order valence-corrected chi connectivity index (χ4v) is 4.27. The van der Waals surface area contributed by atoms with E-state index < -0.39 is 5.92 Å². The number of allylic oxidation sites excluding steroid dienone is 3. The molecule has 0 radical (unpaired) electrons. The maximum absolute atomic E-state index is 13.4. The summed E-state index contributed by atoms with van der Waals surface area (Å²) in [4.78, 5) is 11.1. The highest BCUT2D eigenvalue weighted by atomic mass is 19.3. The largest absolute Gasteiger partial charge is 0.371 e. The number of alkyl halides is 2. The van der Waals surface area contributed by atoms with Gasteiger partial charge in [0.1, 0.15) is 5.82 Å². The minimum absolute atomic E-state index is 0.272. The molecule has 4 nitrogen and oxygen atoms in total. The summed E-state index contributed by atoms with van der Waals surface area (Å²) in [6, 6.07) is 16.0. The maximum Gasteiger partial charge on any atom is 0.249 e. The standard InChI is InChI=1S/C26H34F2N4.C9H12.C2H6/c1-18(2)30-25(20(4)21(5)32(7)17-24-11-12-29-16-24)31-19(3)13-22-9-8-10-23(14-22)15-26(6,27)28;1-3-9-6-4-8(2)5-7-9;1-2/h8-12,14,30H,1,5,13,15-17H2,2-4,6-7H3;4-7H,3H2,1-2H3;1-2H3/b25-20+,31-19+;;. The molecule has 2 aromatic carbocycles. The Hall–Kier alpha value is -3.80. The van der Waals surface area contributed by atoms with Crippen LogP contribution in [0.5, 0.6) is 0 Å². The summed E-state index contributed by atoms with van der Waals surface area (Å²) in [6.07, 6.45) is 5.28. The van der Waals surface area contributed by atoms with Crippen molar-refractivity contribution in [1.82, 2.24) is 10.2 Å². The molecule has 0 spiro atoms. The molecule has 0 unspecified atom stereocenters. The third-order valence-electron chi connectivity index (χ3n) is 6.53. The summed E-state index contributed by atoms with van der Waals surface area (Å²) >= 11 is 0. The van der Waals surface area contributed by atoms with Crippen molar-refractivity contribution in [3.05, 3.63) is 118 Å². The van der Waals surface area contributed by atoms with Crippen LogP contribution in [0.4, 0.5) is 8.78 Å². The van der Waals surface area contributed by atoms with E-state index in [0.717, 1.165) is 54.7 Å². The van der Waals surface area contributed by atoms with Gasteiger partial charge in [0.25, 0.3) is 0 Å². The summed E-state index contributed by atoms with van der Waals surface area (Å²) in [6.45, 7) is 24.7. The summed E-state index contributed by atoms with van der Waals surface area (Å²) in [5.41, 5.74) is 8.95. The van der Waals surface area contributed by atoms with E-state index in [2.05, 4.69) is 66.5 Å². The second-order valence-electron chi connectivity index (χ2n) is 10.9. The Bertz CT molecular complexity index is 1310. The van der Waals surface area contributed by atoms with Gasteiger partial charge in [0.05, 0.1) is 6.54 Å². The van der Waals surface area contributed by atoms with E-state index in [1.807, 2.05) is 72.2 Å². The summed E-state index contributed by atoms with van der Waals surface area (Å²) in [7, 11) is 1.99. The van der Waals surface area contributed by atoms with Crippen LogP contribution in [-0.4, -0.2) is 42.9 Å². The highest BCUT2D eigenvalue weighted by Crippen LogP contribution is 2.21. The number of nitrogens with zero attached hydrogens (tertiary/aromatic N) is 3. The van der Waals surface area contributed by atoms with Gasteiger partial charge in [-0.1, -0.05) is 88.0 Å². The van der Waals surface area contributed by atoms with E-state index in [1.54, 1.807) is 6.07 Å². The smallest absolute Gasteiger partial charge is 0.249 e. The molecule has 0 saturated carbocycles. The first kappa shape index (κ1) is 37.2. The number of halogens is 2. The Balaban J connectivity index is 0.000000707. The van der Waals surface area contributed by atoms with Crippen LogP contribution >= 0.6 is 0 Å². The Kier molecular flexibility index (Phi) is 16.2. The molecule has 0 fully saturated rings. The topological polar surface area (TPSA) is 40.0 Å². The van der Waals surface area contributed by atoms with Crippen molar-refractivity contribution < 1.29 is 8.78 Å². The Morgan fingerprint density at radius 1 is 1.02 bits per heavy atom. The van der Waals surface area contributed by atoms with Crippen LogP contribution in [-0.2, 0) is 19.3 Å². The molecule has 43 heavy (non-hydrogen) atoms. The maximum atomic E-state index is 13.4. The number of likely N-dealkylation sites (N-methyl/N-ethyl adjacent to an activating group) is 1. The minimum Gasteiger partial charge on any atom is -0.371 e. The molecule has 1 N–H and O–H groups in total. The van der Waals surface area contributed by atoms with Crippen molar-refractivity contribution in [3.63, 3.8) is 0 Å². The van der Waals surface area contributed by atoms with E-state index in [4.69, 9.17) is 4.99 Å². The molecule has 0 aliphatic carbocycles. The molecule has 3 rings (SSSR count). The fraction of sp³-hybridized carbons (Fsp3) is 0.405. The van der Waals surface area contributed by atoms with E-state index in [9.17, 15) is 8.78 Å². The monoisotopic (exact) mass is 590 g/mol. The van der Waals surface area contributed by atoms with Gasteiger partial charge in [0, 0.05) is 55.3 Å². The Morgan fingerprint density at radius 2 is 1.65 bits per heavy atom. The molecule has 0 amide bonds. The van der Waals surface area contributed by atoms with Crippen LogP contribution in [0, 0.1) is 6.92 Å². The van der Waals surface area contributed by atoms with Gasteiger partial charge in [0.15, 0.2) is 0 Å². The first-order valence-corrected chi connectivity index (χ1v) is 15.0. The second-order valence-corrected chi connectivity index (χ2v) is 10.9. The quantitative estimate of drug-likeness (QED) is 0.198. The molecule has 234 valence electrons. The van der Waals surface area contributed by atoms with Crippen LogP contribution < -0.4 is 5.32 Å². The molecular weight excluding hydrogens is 538 g/mol. The van der Waals surface area contributed by atoms with Crippen molar-refractivity contribution in [3.8, 4) is 0 Å². The Labute approximate surface area is 259 Å². The first-order chi connectivity index (χ1) is 20.3. The second kappa shape index (κ2) is 18.7. The average molecular weight is 591 g/mol. The Morgan fingerprint density at radius 3 is 2.19 bits per heavy atom. The van der Waals surface area contributed by atoms with Crippen LogP contribution in [0.3, 0.4) is 0 Å². The molecule has 6 heteroatoms. The highest BCUT2D eigenvalue weighted by molar-refractivity contribution is 5.85. The highest BCUT2D eigenvalue weighted by Gasteiger charge is 2.21. The number of aryl methyl sites for hydroxylation is 2. The number of aliphatic imine (C=N–C) groups is 2. The number of rotatable bonds is 12. The van der Waals surface area contributed by atoms with Crippen LogP contribution in [0.2, 0.25) is 0 Å². The van der Waals surface area contributed by atoms with E-state index in [1.165, 1.54) is 16.7 Å². The first-order valence-electron chi connectivity index (χ1n) is 15.0. The molecular formula is C37H52F2N4. The number of hydrogen-bond acceptors (Lipinski definition) is 4. The third-order valence-corrected chi connectivity index (χ3v) is 6.53. The summed E-state index contributed by atoms with van der Waals surface area (Å²) in [5, 5.41) is 3.24. The zero-order valence-electron chi connectivity index (χ0n) is 27.8. The van der Waals surface area contributed by atoms with Gasteiger partial charge >= 0.3 is 0 Å². The van der Waals surface area contributed by atoms with Gasteiger partial charge in [-0.3, -0.25) is 4.99 Å². The normalized spacial score (nSPS) is 13.1. The number of hydrogen-bond donors (Lipinski definition) is 1. The average Bonchev–Trinajstić information content (AvgIpc) is 3.46. The van der Waals surface area contributed by atoms with E-state index in [0.29, 0.717) is 17.8 Å². The molecule has 1 aliphatic rings. The molecule has 0 bridgehead atoms. The lowest BCUT2D eigenvalue weighted by molar-refractivity contribution is 0.0226. The molecule has 0 atom stereocenters.